The molecule has 20 heavy (non-hydrogen) atoms. The third-order valence-corrected chi connectivity index (χ3v) is 4.47. The highest BCUT2D eigenvalue weighted by atomic mass is 15.2. The Balaban J connectivity index is 2.02. The van der Waals surface area contributed by atoms with Crippen molar-refractivity contribution < 1.29 is 0 Å². The van der Waals surface area contributed by atoms with Gasteiger partial charge >= 0.3 is 0 Å². The van der Waals surface area contributed by atoms with Gasteiger partial charge in [0.2, 0.25) is 0 Å². The van der Waals surface area contributed by atoms with Gasteiger partial charge < -0.3 is 5.32 Å². The molecule has 1 heterocycles. The van der Waals surface area contributed by atoms with Gasteiger partial charge in [-0.15, -0.1) is 0 Å². The molecule has 0 amide bonds. The van der Waals surface area contributed by atoms with E-state index in [4.69, 9.17) is 0 Å². The van der Waals surface area contributed by atoms with Crippen LogP contribution in [0.3, 0.4) is 0 Å². The Kier molecular flexibility index (Phi) is 5.55. The number of rotatable bonds is 5. The molecule has 1 aliphatic rings. The summed E-state index contributed by atoms with van der Waals surface area (Å²) in [5.74, 6) is 0.836. The fourth-order valence-electron chi connectivity index (χ4n) is 3.40. The van der Waals surface area contributed by atoms with Gasteiger partial charge in [0, 0.05) is 24.3 Å². The van der Waals surface area contributed by atoms with E-state index in [0.29, 0.717) is 12.1 Å². The first-order chi connectivity index (χ1) is 9.60. The second-order valence-corrected chi connectivity index (χ2v) is 6.34. The van der Waals surface area contributed by atoms with Crippen molar-refractivity contribution in [2.24, 2.45) is 5.92 Å². The number of aromatic nitrogens is 1. The van der Waals surface area contributed by atoms with Crippen LogP contribution in [0.2, 0.25) is 0 Å². The first kappa shape index (κ1) is 15.5. The van der Waals surface area contributed by atoms with Crippen LogP contribution in [0.25, 0.3) is 0 Å². The number of hydrogen-bond acceptors (Lipinski definition) is 3. The Labute approximate surface area is 123 Å². The van der Waals surface area contributed by atoms with Crippen LogP contribution >= 0.6 is 0 Å². The molecule has 1 aromatic heterocycles. The highest BCUT2D eigenvalue weighted by Gasteiger charge is 2.30. The second-order valence-electron chi connectivity index (χ2n) is 6.34. The fourth-order valence-corrected chi connectivity index (χ4v) is 3.40. The van der Waals surface area contributed by atoms with E-state index in [1.165, 1.54) is 25.0 Å². The molecule has 112 valence electrons. The van der Waals surface area contributed by atoms with E-state index in [1.807, 2.05) is 0 Å². The molecule has 1 aromatic rings. The lowest BCUT2D eigenvalue weighted by atomic mass is 9.82. The lowest BCUT2D eigenvalue weighted by molar-refractivity contribution is 0.119. The highest BCUT2D eigenvalue weighted by Crippen LogP contribution is 2.28. The fraction of sp³-hybridized carbons (Fsp3) is 0.706. The van der Waals surface area contributed by atoms with E-state index in [1.54, 1.807) is 0 Å². The third-order valence-electron chi connectivity index (χ3n) is 4.47. The molecule has 0 radical (unpaired) electrons. The van der Waals surface area contributed by atoms with Gasteiger partial charge in [-0.1, -0.05) is 19.9 Å². The molecule has 0 saturated heterocycles. The van der Waals surface area contributed by atoms with E-state index in [0.717, 1.165) is 24.7 Å². The summed E-state index contributed by atoms with van der Waals surface area (Å²) in [5, 5.41) is 3.67. The smallest absolute Gasteiger partial charge is 0.0547 e. The number of pyridine rings is 1. The van der Waals surface area contributed by atoms with Gasteiger partial charge in [-0.3, -0.25) is 9.88 Å². The minimum atomic E-state index is 0.626. The summed E-state index contributed by atoms with van der Waals surface area (Å²) in [7, 11) is 2.25. The zero-order valence-electron chi connectivity index (χ0n) is 13.4. The van der Waals surface area contributed by atoms with Crippen molar-refractivity contribution in [2.75, 3.05) is 13.6 Å². The van der Waals surface area contributed by atoms with Crippen molar-refractivity contribution in [1.29, 1.82) is 0 Å². The number of likely N-dealkylation sites (N-methyl/N-ethyl adjacent to an activating group) is 2. The maximum atomic E-state index is 4.64. The maximum absolute atomic E-state index is 4.64. The molecule has 0 bridgehead atoms. The van der Waals surface area contributed by atoms with Crippen molar-refractivity contribution in [3.05, 3.63) is 29.6 Å². The second kappa shape index (κ2) is 7.19. The largest absolute Gasteiger partial charge is 0.313 e. The van der Waals surface area contributed by atoms with Crippen LogP contribution in [-0.4, -0.2) is 35.6 Å². The van der Waals surface area contributed by atoms with E-state index >= 15 is 0 Å². The molecule has 0 aliphatic heterocycles. The van der Waals surface area contributed by atoms with Gasteiger partial charge in [-0.05, 0) is 57.8 Å². The monoisotopic (exact) mass is 275 g/mol. The molecule has 3 unspecified atom stereocenters. The topological polar surface area (TPSA) is 28.2 Å². The number of hydrogen-bond donors (Lipinski definition) is 1. The van der Waals surface area contributed by atoms with Gasteiger partial charge in [0.15, 0.2) is 0 Å². The zero-order chi connectivity index (χ0) is 14.5. The molecule has 1 N–H and O–H groups in total. The molecule has 1 saturated carbocycles. The molecule has 3 nitrogen and oxygen atoms in total. The Morgan fingerprint density at radius 3 is 2.85 bits per heavy atom. The van der Waals surface area contributed by atoms with Crippen LogP contribution in [-0.2, 0) is 6.54 Å². The predicted octanol–water partition coefficient (Wildman–Crippen LogP) is 2.99. The minimum absolute atomic E-state index is 0.626. The average Bonchev–Trinajstić information content (AvgIpc) is 2.41. The van der Waals surface area contributed by atoms with Crippen LogP contribution in [0.1, 0.15) is 44.5 Å². The van der Waals surface area contributed by atoms with Gasteiger partial charge in [-0.25, -0.2) is 0 Å². The molecule has 0 aromatic carbocycles. The predicted molar refractivity (Wildman–Crippen MR) is 84.7 cm³/mol. The van der Waals surface area contributed by atoms with E-state index < -0.39 is 0 Å². The van der Waals surface area contributed by atoms with Gasteiger partial charge in [0.1, 0.15) is 0 Å². The van der Waals surface area contributed by atoms with Crippen molar-refractivity contribution >= 4 is 0 Å². The van der Waals surface area contributed by atoms with Crippen LogP contribution in [0, 0.1) is 12.8 Å². The number of nitrogens with one attached hydrogen (secondary N) is 1. The van der Waals surface area contributed by atoms with Crippen molar-refractivity contribution in [1.82, 2.24) is 15.2 Å². The summed E-state index contributed by atoms with van der Waals surface area (Å²) in [5.41, 5.74) is 2.29. The molecule has 3 heteroatoms. The van der Waals surface area contributed by atoms with Gasteiger partial charge in [0.25, 0.3) is 0 Å². The highest BCUT2D eigenvalue weighted by molar-refractivity contribution is 5.10. The normalized spacial score (nSPS) is 26.9. The van der Waals surface area contributed by atoms with E-state index in [2.05, 4.69) is 61.2 Å². The van der Waals surface area contributed by atoms with E-state index in [-0.39, 0.29) is 0 Å². The lowest BCUT2D eigenvalue weighted by Gasteiger charge is -2.40. The Morgan fingerprint density at radius 2 is 2.15 bits per heavy atom. The van der Waals surface area contributed by atoms with Crippen LogP contribution in [0.5, 0.6) is 0 Å². The average molecular weight is 275 g/mol. The van der Waals surface area contributed by atoms with Gasteiger partial charge in [-0.2, -0.15) is 0 Å². The number of aryl methyl sites for hydroxylation is 1. The van der Waals surface area contributed by atoms with E-state index in [9.17, 15) is 0 Å². The van der Waals surface area contributed by atoms with Crippen molar-refractivity contribution in [2.45, 2.75) is 58.7 Å². The molecular formula is C17H29N3. The van der Waals surface area contributed by atoms with Crippen molar-refractivity contribution in [3.63, 3.8) is 0 Å². The standard InChI is InChI=1S/C17H29N3/c1-5-18-16-10-9-13(2)11-17(16)20(4)12-15-8-6-7-14(3)19-15/h6-8,13,16-18H,5,9-12H2,1-4H3. The number of nitrogens with zero attached hydrogens (tertiary/aromatic N) is 2. The summed E-state index contributed by atoms with van der Waals surface area (Å²) < 4.78 is 0. The molecule has 1 fully saturated rings. The first-order valence-corrected chi connectivity index (χ1v) is 7.96. The molecule has 0 spiro atoms. The summed E-state index contributed by atoms with van der Waals surface area (Å²) in [6.45, 7) is 8.66. The molecule has 3 atom stereocenters. The van der Waals surface area contributed by atoms with Crippen LogP contribution in [0.4, 0.5) is 0 Å². The third kappa shape index (κ3) is 4.03. The summed E-state index contributed by atoms with van der Waals surface area (Å²) in [6.07, 6.45) is 3.94. The van der Waals surface area contributed by atoms with Gasteiger partial charge in [0.05, 0.1) is 5.69 Å². The molecule has 1 aliphatic carbocycles. The maximum Gasteiger partial charge on any atom is 0.0547 e. The van der Waals surface area contributed by atoms with Crippen LogP contribution in [0.15, 0.2) is 18.2 Å². The first-order valence-electron chi connectivity index (χ1n) is 7.96. The van der Waals surface area contributed by atoms with Crippen LogP contribution < -0.4 is 5.32 Å². The lowest BCUT2D eigenvalue weighted by Crippen LogP contribution is -2.51. The summed E-state index contributed by atoms with van der Waals surface area (Å²) in [6, 6.07) is 7.56. The summed E-state index contributed by atoms with van der Waals surface area (Å²) >= 11 is 0. The quantitative estimate of drug-likeness (QED) is 0.895. The van der Waals surface area contributed by atoms with Crippen molar-refractivity contribution in [3.8, 4) is 0 Å². The Morgan fingerprint density at radius 1 is 1.35 bits per heavy atom. The zero-order valence-corrected chi connectivity index (χ0v) is 13.4. The SMILES string of the molecule is CCNC1CCC(C)CC1N(C)Cc1cccc(C)n1. The summed E-state index contributed by atoms with van der Waals surface area (Å²) in [4.78, 5) is 7.13. The Bertz CT molecular complexity index is 418. The molecule has 2 rings (SSSR count). The molecular weight excluding hydrogens is 246 g/mol. The Hall–Kier alpha value is -0.930. The minimum Gasteiger partial charge on any atom is -0.313 e.